The maximum atomic E-state index is 12.2. The zero-order valence-corrected chi connectivity index (χ0v) is 14.4. The first-order valence-electron chi connectivity index (χ1n) is 8.15. The van der Waals surface area contributed by atoms with Gasteiger partial charge in [-0.2, -0.15) is 0 Å². The van der Waals surface area contributed by atoms with Crippen LogP contribution in [0.4, 0.5) is 5.69 Å². The molecule has 2 rings (SSSR count). The van der Waals surface area contributed by atoms with Gasteiger partial charge in [-0.1, -0.05) is 12.1 Å². The second-order valence-electron chi connectivity index (χ2n) is 5.36. The van der Waals surface area contributed by atoms with Crippen LogP contribution < -0.4 is 10.1 Å². The molecule has 0 radical (unpaired) electrons. The number of hydrogen-bond donors (Lipinski definition) is 2. The van der Waals surface area contributed by atoms with E-state index in [1.807, 2.05) is 13.8 Å². The Hall–Kier alpha value is -3.02. The van der Waals surface area contributed by atoms with E-state index in [0.717, 1.165) is 0 Å². The van der Waals surface area contributed by atoms with Crippen molar-refractivity contribution >= 4 is 17.5 Å². The lowest BCUT2D eigenvalue weighted by Gasteiger charge is -2.18. The number of rotatable bonds is 7. The van der Waals surface area contributed by atoms with Gasteiger partial charge < -0.3 is 20.1 Å². The maximum absolute atomic E-state index is 12.2. The Morgan fingerprint density at radius 2 is 1.68 bits per heavy atom. The largest absolute Gasteiger partial charge is 0.504 e. The lowest BCUT2D eigenvalue weighted by molar-refractivity contribution is -0.118. The smallest absolute Gasteiger partial charge is 0.262 e. The standard InChI is InChI=1S/C19H22N2O4/c1-3-21(4-2)19(24)14-9-11-15(12-10-14)20-18(23)13-25-17-8-6-5-7-16(17)22/h5-12,22H,3-4,13H2,1-2H3,(H,20,23). The van der Waals surface area contributed by atoms with Gasteiger partial charge >= 0.3 is 0 Å². The Morgan fingerprint density at radius 3 is 2.28 bits per heavy atom. The van der Waals surface area contributed by atoms with Gasteiger partial charge in [-0.3, -0.25) is 9.59 Å². The Morgan fingerprint density at radius 1 is 1.04 bits per heavy atom. The number of amides is 2. The van der Waals surface area contributed by atoms with Crippen molar-refractivity contribution in [2.45, 2.75) is 13.8 Å². The van der Waals surface area contributed by atoms with Gasteiger partial charge in [0.1, 0.15) is 0 Å². The van der Waals surface area contributed by atoms with Gasteiger partial charge in [-0.05, 0) is 50.2 Å². The number of phenolic OH excluding ortho intramolecular Hbond substituents is 1. The number of phenols is 1. The molecular formula is C19H22N2O4. The predicted octanol–water partition coefficient (Wildman–Crippen LogP) is 2.89. The van der Waals surface area contributed by atoms with Gasteiger partial charge in [0.05, 0.1) is 0 Å². The van der Waals surface area contributed by atoms with Crippen LogP contribution in [0.15, 0.2) is 48.5 Å². The highest BCUT2D eigenvalue weighted by molar-refractivity contribution is 5.96. The minimum absolute atomic E-state index is 0.0189. The molecule has 0 fully saturated rings. The van der Waals surface area contributed by atoms with Gasteiger partial charge in [0.15, 0.2) is 18.1 Å². The Labute approximate surface area is 147 Å². The van der Waals surface area contributed by atoms with Crippen LogP contribution in [0.5, 0.6) is 11.5 Å². The monoisotopic (exact) mass is 342 g/mol. The van der Waals surface area contributed by atoms with E-state index < -0.39 is 0 Å². The average molecular weight is 342 g/mol. The minimum Gasteiger partial charge on any atom is -0.504 e. The molecule has 2 aromatic carbocycles. The summed E-state index contributed by atoms with van der Waals surface area (Å²) in [7, 11) is 0. The third kappa shape index (κ3) is 4.97. The molecule has 0 atom stereocenters. The van der Waals surface area contributed by atoms with E-state index in [1.54, 1.807) is 47.4 Å². The minimum atomic E-state index is -0.355. The molecule has 0 saturated carbocycles. The number of carbonyl (C=O) groups excluding carboxylic acids is 2. The predicted molar refractivity (Wildman–Crippen MR) is 95.9 cm³/mol. The highest BCUT2D eigenvalue weighted by Gasteiger charge is 2.12. The lowest BCUT2D eigenvalue weighted by Crippen LogP contribution is -2.30. The fourth-order valence-corrected chi connectivity index (χ4v) is 2.31. The molecule has 2 aromatic rings. The molecule has 132 valence electrons. The van der Waals surface area contributed by atoms with Gasteiger partial charge in [-0.15, -0.1) is 0 Å². The first-order chi connectivity index (χ1) is 12.0. The van der Waals surface area contributed by atoms with Crippen molar-refractivity contribution in [1.82, 2.24) is 4.90 Å². The molecule has 2 amide bonds. The highest BCUT2D eigenvalue weighted by atomic mass is 16.5. The zero-order valence-electron chi connectivity index (χ0n) is 14.4. The normalized spacial score (nSPS) is 10.2. The number of carbonyl (C=O) groups is 2. The summed E-state index contributed by atoms with van der Waals surface area (Å²) in [5.74, 6) is -0.163. The molecule has 0 saturated heterocycles. The molecule has 0 aliphatic carbocycles. The second-order valence-corrected chi connectivity index (χ2v) is 5.36. The van der Waals surface area contributed by atoms with Crippen LogP contribution in [0.25, 0.3) is 0 Å². The summed E-state index contributed by atoms with van der Waals surface area (Å²) >= 11 is 0. The summed E-state index contributed by atoms with van der Waals surface area (Å²) in [5, 5.41) is 12.3. The quantitative estimate of drug-likeness (QED) is 0.811. The van der Waals surface area contributed by atoms with E-state index in [0.29, 0.717) is 24.3 Å². The molecule has 0 heterocycles. The van der Waals surface area contributed by atoms with E-state index in [4.69, 9.17) is 4.74 Å². The molecule has 0 unspecified atom stereocenters. The summed E-state index contributed by atoms with van der Waals surface area (Å²) in [6.45, 7) is 4.94. The highest BCUT2D eigenvalue weighted by Crippen LogP contribution is 2.24. The van der Waals surface area contributed by atoms with Crippen LogP contribution in [0.2, 0.25) is 0 Å². The maximum Gasteiger partial charge on any atom is 0.262 e. The number of anilines is 1. The number of para-hydroxylation sites is 2. The van der Waals surface area contributed by atoms with Crippen LogP contribution in [0.1, 0.15) is 24.2 Å². The molecule has 0 aliphatic heterocycles. The molecule has 25 heavy (non-hydrogen) atoms. The topological polar surface area (TPSA) is 78.9 Å². The first kappa shape index (κ1) is 18.3. The molecule has 2 N–H and O–H groups in total. The van der Waals surface area contributed by atoms with Crippen molar-refractivity contribution in [2.75, 3.05) is 25.0 Å². The van der Waals surface area contributed by atoms with Gasteiger partial charge in [0, 0.05) is 24.3 Å². The molecule has 6 heteroatoms. The summed E-state index contributed by atoms with van der Waals surface area (Å²) in [6.07, 6.45) is 0. The fraction of sp³-hybridized carbons (Fsp3) is 0.263. The number of hydrogen-bond acceptors (Lipinski definition) is 4. The van der Waals surface area contributed by atoms with Gasteiger partial charge in [0.25, 0.3) is 11.8 Å². The van der Waals surface area contributed by atoms with E-state index >= 15 is 0 Å². The van der Waals surface area contributed by atoms with Gasteiger partial charge in [-0.25, -0.2) is 0 Å². The van der Waals surface area contributed by atoms with E-state index in [2.05, 4.69) is 5.32 Å². The number of ether oxygens (including phenoxy) is 1. The van der Waals surface area contributed by atoms with Crippen molar-refractivity contribution in [1.29, 1.82) is 0 Å². The summed E-state index contributed by atoms with van der Waals surface area (Å²) < 4.78 is 5.27. The third-order valence-corrected chi connectivity index (χ3v) is 3.69. The fourth-order valence-electron chi connectivity index (χ4n) is 2.31. The van der Waals surface area contributed by atoms with Crippen LogP contribution >= 0.6 is 0 Å². The number of nitrogens with one attached hydrogen (secondary N) is 1. The van der Waals surface area contributed by atoms with Crippen molar-refractivity contribution in [2.24, 2.45) is 0 Å². The Bertz CT molecular complexity index is 724. The average Bonchev–Trinajstić information content (AvgIpc) is 2.62. The second kappa shape index (κ2) is 8.73. The van der Waals surface area contributed by atoms with Crippen molar-refractivity contribution in [3.63, 3.8) is 0 Å². The Kier molecular flexibility index (Phi) is 6.39. The Balaban J connectivity index is 1.91. The summed E-state index contributed by atoms with van der Waals surface area (Å²) in [6, 6.07) is 13.2. The molecule has 0 spiro atoms. The van der Waals surface area contributed by atoms with Crippen LogP contribution in [0, 0.1) is 0 Å². The van der Waals surface area contributed by atoms with E-state index in [1.165, 1.54) is 6.07 Å². The molecule has 0 aliphatic rings. The number of nitrogens with zero attached hydrogens (tertiary/aromatic N) is 1. The van der Waals surface area contributed by atoms with Crippen LogP contribution in [-0.2, 0) is 4.79 Å². The molecule has 0 aromatic heterocycles. The van der Waals surface area contributed by atoms with E-state index in [9.17, 15) is 14.7 Å². The van der Waals surface area contributed by atoms with E-state index in [-0.39, 0.29) is 29.9 Å². The van der Waals surface area contributed by atoms with Crippen molar-refractivity contribution < 1.29 is 19.4 Å². The van der Waals surface area contributed by atoms with Crippen molar-refractivity contribution in [3.05, 3.63) is 54.1 Å². The summed E-state index contributed by atoms with van der Waals surface area (Å²) in [5.41, 5.74) is 1.15. The number of benzene rings is 2. The first-order valence-corrected chi connectivity index (χ1v) is 8.15. The zero-order chi connectivity index (χ0) is 18.2. The SMILES string of the molecule is CCN(CC)C(=O)c1ccc(NC(=O)COc2ccccc2O)cc1. The lowest BCUT2D eigenvalue weighted by atomic mass is 10.2. The van der Waals surface area contributed by atoms with Crippen molar-refractivity contribution in [3.8, 4) is 11.5 Å². The van der Waals surface area contributed by atoms with Crippen LogP contribution in [-0.4, -0.2) is 41.5 Å². The molecule has 0 bridgehead atoms. The van der Waals surface area contributed by atoms with Crippen LogP contribution in [0.3, 0.4) is 0 Å². The molecular weight excluding hydrogens is 320 g/mol. The molecule has 6 nitrogen and oxygen atoms in total. The van der Waals surface area contributed by atoms with Gasteiger partial charge in [0.2, 0.25) is 0 Å². The third-order valence-electron chi connectivity index (χ3n) is 3.69. The number of aromatic hydroxyl groups is 1. The summed E-state index contributed by atoms with van der Waals surface area (Å²) in [4.78, 5) is 25.9.